The fourth-order valence-corrected chi connectivity index (χ4v) is 2.62. The molecule has 0 aliphatic carbocycles. The van der Waals surface area contributed by atoms with Gasteiger partial charge >= 0.3 is 0 Å². The number of benzene rings is 1. The van der Waals surface area contributed by atoms with Gasteiger partial charge in [0.1, 0.15) is 17.5 Å². The van der Waals surface area contributed by atoms with Crippen molar-refractivity contribution in [2.45, 2.75) is 25.8 Å². The van der Waals surface area contributed by atoms with E-state index in [1.165, 1.54) is 0 Å². The molecule has 0 bridgehead atoms. The van der Waals surface area contributed by atoms with Crippen LogP contribution in [0.25, 0.3) is 0 Å². The molecule has 106 valence electrons. The van der Waals surface area contributed by atoms with E-state index in [4.69, 9.17) is 4.74 Å². The average Bonchev–Trinajstić information content (AvgIpc) is 2.37. The van der Waals surface area contributed by atoms with Crippen molar-refractivity contribution in [1.29, 1.82) is 0 Å². The van der Waals surface area contributed by atoms with Crippen molar-refractivity contribution in [2.75, 3.05) is 19.8 Å². The highest BCUT2D eigenvalue weighted by Gasteiger charge is 2.29. The van der Waals surface area contributed by atoms with Gasteiger partial charge in [0, 0.05) is 37.0 Å². The van der Waals surface area contributed by atoms with Gasteiger partial charge in [0.25, 0.3) is 0 Å². The maximum atomic E-state index is 13.9. The molecule has 2 rings (SSSR count). The van der Waals surface area contributed by atoms with E-state index in [0.29, 0.717) is 19.8 Å². The molecular formula is C14H18F3NO. The summed E-state index contributed by atoms with van der Waals surface area (Å²) >= 11 is 0. The van der Waals surface area contributed by atoms with Crippen molar-refractivity contribution in [1.82, 2.24) is 5.32 Å². The van der Waals surface area contributed by atoms with Gasteiger partial charge < -0.3 is 10.1 Å². The van der Waals surface area contributed by atoms with Crippen molar-refractivity contribution in [3.8, 4) is 0 Å². The van der Waals surface area contributed by atoms with Gasteiger partial charge in [-0.25, -0.2) is 13.2 Å². The summed E-state index contributed by atoms with van der Waals surface area (Å²) < 4.78 is 46.0. The lowest BCUT2D eigenvalue weighted by Crippen LogP contribution is -2.33. The van der Waals surface area contributed by atoms with Crippen LogP contribution in [-0.4, -0.2) is 19.8 Å². The van der Waals surface area contributed by atoms with E-state index in [1.807, 2.05) is 6.92 Å². The van der Waals surface area contributed by atoms with E-state index >= 15 is 0 Å². The Morgan fingerprint density at radius 1 is 1.21 bits per heavy atom. The topological polar surface area (TPSA) is 21.3 Å². The summed E-state index contributed by atoms with van der Waals surface area (Å²) in [6.45, 7) is 3.66. The molecule has 0 amide bonds. The number of rotatable bonds is 4. The Morgan fingerprint density at radius 2 is 1.79 bits per heavy atom. The lowest BCUT2D eigenvalue weighted by atomic mass is 9.86. The monoisotopic (exact) mass is 273 g/mol. The maximum absolute atomic E-state index is 13.9. The van der Waals surface area contributed by atoms with Gasteiger partial charge in [-0.3, -0.25) is 0 Å². The normalized spacial score (nSPS) is 18.5. The number of hydrogen-bond donors (Lipinski definition) is 1. The second-order valence-electron chi connectivity index (χ2n) is 4.77. The molecular weight excluding hydrogens is 255 g/mol. The third-order valence-corrected chi connectivity index (χ3v) is 3.52. The molecule has 1 aromatic carbocycles. The Bertz CT molecular complexity index is 410. The molecule has 0 radical (unpaired) electrons. The SMILES string of the molecule is CCNC(c1c(F)cc(F)cc1F)C1CCOCC1. The van der Waals surface area contributed by atoms with Crippen molar-refractivity contribution in [2.24, 2.45) is 5.92 Å². The Morgan fingerprint density at radius 3 is 2.32 bits per heavy atom. The van der Waals surface area contributed by atoms with Gasteiger partial charge in [0.05, 0.1) is 0 Å². The summed E-state index contributed by atoms with van der Waals surface area (Å²) in [6.07, 6.45) is 1.49. The molecule has 1 heterocycles. The predicted molar refractivity (Wildman–Crippen MR) is 66.3 cm³/mol. The molecule has 0 saturated carbocycles. The molecule has 1 unspecified atom stereocenters. The van der Waals surface area contributed by atoms with Gasteiger partial charge in [-0.15, -0.1) is 0 Å². The van der Waals surface area contributed by atoms with E-state index in [0.717, 1.165) is 25.0 Å². The minimum absolute atomic E-state index is 0.0600. The second kappa shape index (κ2) is 6.39. The van der Waals surface area contributed by atoms with E-state index in [2.05, 4.69) is 5.32 Å². The molecule has 1 N–H and O–H groups in total. The summed E-state index contributed by atoms with van der Waals surface area (Å²) in [5, 5.41) is 3.11. The van der Waals surface area contributed by atoms with E-state index < -0.39 is 23.5 Å². The quantitative estimate of drug-likeness (QED) is 0.909. The van der Waals surface area contributed by atoms with E-state index in [-0.39, 0.29) is 11.5 Å². The standard InChI is InChI=1S/C14H18F3NO/c1-2-18-14(9-3-5-19-6-4-9)13-11(16)7-10(15)8-12(13)17/h7-9,14,18H,2-6H2,1H3. The zero-order chi connectivity index (χ0) is 13.8. The van der Waals surface area contributed by atoms with Crippen LogP contribution in [0.5, 0.6) is 0 Å². The molecule has 0 spiro atoms. The Kier molecular flexibility index (Phi) is 4.82. The van der Waals surface area contributed by atoms with Crippen molar-refractivity contribution in [3.63, 3.8) is 0 Å². The highest BCUT2D eigenvalue weighted by atomic mass is 19.1. The Labute approximate surface area is 111 Å². The summed E-state index contributed by atoms with van der Waals surface area (Å²) in [4.78, 5) is 0. The first-order chi connectivity index (χ1) is 9.13. The first-order valence-corrected chi connectivity index (χ1v) is 6.59. The van der Waals surface area contributed by atoms with Gasteiger partial charge in [0.2, 0.25) is 0 Å². The van der Waals surface area contributed by atoms with Gasteiger partial charge in [0.15, 0.2) is 0 Å². The van der Waals surface area contributed by atoms with Crippen molar-refractivity contribution < 1.29 is 17.9 Å². The Balaban J connectivity index is 2.32. The summed E-state index contributed by atoms with van der Waals surface area (Å²) in [5.74, 6) is -2.44. The molecule has 1 saturated heterocycles. The molecule has 1 aliphatic rings. The highest BCUT2D eigenvalue weighted by Crippen LogP contribution is 2.33. The predicted octanol–water partition coefficient (Wildman–Crippen LogP) is 3.18. The van der Waals surface area contributed by atoms with Crippen molar-refractivity contribution in [3.05, 3.63) is 35.1 Å². The van der Waals surface area contributed by atoms with Crippen LogP contribution in [0.3, 0.4) is 0 Å². The highest BCUT2D eigenvalue weighted by molar-refractivity contribution is 5.25. The van der Waals surface area contributed by atoms with Crippen molar-refractivity contribution >= 4 is 0 Å². The summed E-state index contributed by atoms with van der Waals surface area (Å²) in [5.41, 5.74) is -0.0600. The molecule has 1 aromatic rings. The molecule has 1 fully saturated rings. The first-order valence-electron chi connectivity index (χ1n) is 6.59. The molecule has 2 nitrogen and oxygen atoms in total. The molecule has 1 atom stereocenters. The maximum Gasteiger partial charge on any atom is 0.133 e. The smallest absolute Gasteiger partial charge is 0.133 e. The zero-order valence-corrected chi connectivity index (χ0v) is 10.9. The molecule has 5 heteroatoms. The number of nitrogens with one attached hydrogen (secondary N) is 1. The minimum Gasteiger partial charge on any atom is -0.381 e. The third kappa shape index (κ3) is 3.28. The van der Waals surface area contributed by atoms with Crippen LogP contribution in [0.4, 0.5) is 13.2 Å². The van der Waals surface area contributed by atoms with Crippen LogP contribution in [-0.2, 0) is 4.74 Å². The van der Waals surface area contributed by atoms with Crippen LogP contribution in [0.15, 0.2) is 12.1 Å². The fraction of sp³-hybridized carbons (Fsp3) is 0.571. The number of halogens is 3. The van der Waals surface area contributed by atoms with E-state index in [1.54, 1.807) is 0 Å². The molecule has 0 aromatic heterocycles. The van der Waals surface area contributed by atoms with Crippen LogP contribution >= 0.6 is 0 Å². The van der Waals surface area contributed by atoms with Crippen LogP contribution in [0, 0.1) is 23.4 Å². The summed E-state index contributed by atoms with van der Waals surface area (Å²) in [6, 6.07) is 1.04. The molecule has 19 heavy (non-hydrogen) atoms. The van der Waals surface area contributed by atoms with E-state index in [9.17, 15) is 13.2 Å². The first kappa shape index (κ1) is 14.3. The third-order valence-electron chi connectivity index (χ3n) is 3.52. The lowest BCUT2D eigenvalue weighted by Gasteiger charge is -2.31. The van der Waals surface area contributed by atoms with Crippen LogP contribution in [0.2, 0.25) is 0 Å². The Hall–Kier alpha value is -1.07. The number of ether oxygens (including phenoxy) is 1. The summed E-state index contributed by atoms with van der Waals surface area (Å²) in [7, 11) is 0. The molecule has 1 aliphatic heterocycles. The number of hydrogen-bond acceptors (Lipinski definition) is 2. The second-order valence-corrected chi connectivity index (χ2v) is 4.77. The average molecular weight is 273 g/mol. The minimum atomic E-state index is -0.888. The largest absolute Gasteiger partial charge is 0.381 e. The zero-order valence-electron chi connectivity index (χ0n) is 10.9. The van der Waals surface area contributed by atoms with Gasteiger partial charge in [-0.05, 0) is 25.3 Å². The lowest BCUT2D eigenvalue weighted by molar-refractivity contribution is 0.0528. The van der Waals surface area contributed by atoms with Crippen LogP contribution in [0.1, 0.15) is 31.4 Å². The van der Waals surface area contributed by atoms with Crippen LogP contribution < -0.4 is 5.32 Å². The fourth-order valence-electron chi connectivity index (χ4n) is 2.62. The van der Waals surface area contributed by atoms with Gasteiger partial charge in [-0.2, -0.15) is 0 Å². The van der Waals surface area contributed by atoms with Gasteiger partial charge in [-0.1, -0.05) is 6.92 Å².